The van der Waals surface area contributed by atoms with E-state index in [2.05, 4.69) is 89.4 Å². The Labute approximate surface area is 197 Å². The summed E-state index contributed by atoms with van der Waals surface area (Å²) in [5, 5.41) is 0. The number of rotatable bonds is 13. The van der Waals surface area contributed by atoms with Crippen LogP contribution in [0, 0.1) is 0 Å². The van der Waals surface area contributed by atoms with Crippen LogP contribution in [0.4, 0.5) is 0 Å². The van der Waals surface area contributed by atoms with Gasteiger partial charge in [0.25, 0.3) is 0 Å². The first-order chi connectivity index (χ1) is 15.2. The van der Waals surface area contributed by atoms with Gasteiger partial charge in [0.15, 0.2) is 0 Å². The molecule has 170 valence electrons. The van der Waals surface area contributed by atoms with Crippen LogP contribution in [0.15, 0.2) is 60.7 Å². The third-order valence-electron chi connectivity index (χ3n) is 6.25. The lowest BCUT2D eigenvalue weighted by Gasteiger charge is -2.33. The highest BCUT2D eigenvalue weighted by Crippen LogP contribution is 2.35. The van der Waals surface area contributed by atoms with Gasteiger partial charge in [-0.1, -0.05) is 109 Å². The second kappa shape index (κ2) is 13.4. The number of alkyl halides is 1. The molecule has 4 atom stereocenters. The van der Waals surface area contributed by atoms with Crippen molar-refractivity contribution in [2.24, 2.45) is 0 Å². The third kappa shape index (κ3) is 7.71. The molecule has 0 spiro atoms. The van der Waals surface area contributed by atoms with E-state index in [1.54, 1.807) is 0 Å². The Bertz CT molecular complexity index is 727. The maximum absolute atomic E-state index is 6.54. The number of benzene rings is 2. The van der Waals surface area contributed by atoms with Crippen LogP contribution in [0.1, 0.15) is 56.6 Å². The molecule has 2 aromatic rings. The number of nitrogens with zero attached hydrogens (tertiary/aromatic N) is 1. The summed E-state index contributed by atoms with van der Waals surface area (Å²) < 4.78 is 13.0. The molecule has 0 bridgehead atoms. The number of likely N-dealkylation sites (N-methyl/N-ethyl adjacent to an activating group) is 1. The van der Waals surface area contributed by atoms with E-state index in [1.807, 2.05) is 6.07 Å². The van der Waals surface area contributed by atoms with Gasteiger partial charge in [-0.05, 0) is 37.6 Å². The molecule has 3 rings (SSSR count). The number of ether oxygens (including phenoxy) is 2. The number of hydrogen-bond acceptors (Lipinski definition) is 3. The smallest absolute Gasteiger partial charge is 0.101 e. The largest absolute Gasteiger partial charge is 0.371 e. The molecule has 0 radical (unpaired) electrons. The quantitative estimate of drug-likeness (QED) is 0.234. The van der Waals surface area contributed by atoms with Crippen LogP contribution in [0.5, 0.6) is 0 Å². The summed E-state index contributed by atoms with van der Waals surface area (Å²) in [4.78, 5) is 2.86. The molecule has 0 heterocycles. The summed E-state index contributed by atoms with van der Waals surface area (Å²) in [7, 11) is 2.25. The van der Waals surface area contributed by atoms with E-state index in [-0.39, 0.29) is 12.2 Å². The van der Waals surface area contributed by atoms with Crippen molar-refractivity contribution in [3.8, 4) is 0 Å². The van der Waals surface area contributed by atoms with Gasteiger partial charge in [-0.25, -0.2) is 0 Å². The molecule has 0 N–H and O–H groups in total. The van der Waals surface area contributed by atoms with Gasteiger partial charge in [-0.15, -0.1) is 0 Å². The van der Waals surface area contributed by atoms with Crippen molar-refractivity contribution in [2.45, 2.75) is 81.7 Å². The normalized spacial score (nSPS) is 23.5. The van der Waals surface area contributed by atoms with E-state index in [0.717, 1.165) is 13.0 Å². The number of unbranched alkanes of at least 4 members (excludes halogenated alkanes) is 4. The molecule has 0 aromatic heterocycles. The Morgan fingerprint density at radius 3 is 2.03 bits per heavy atom. The highest BCUT2D eigenvalue weighted by molar-refractivity contribution is 9.09. The minimum absolute atomic E-state index is 0.0499. The summed E-state index contributed by atoms with van der Waals surface area (Å²) in [5.41, 5.74) is 2.42. The van der Waals surface area contributed by atoms with Crippen LogP contribution in [-0.2, 0) is 22.7 Å². The van der Waals surface area contributed by atoms with Crippen LogP contribution >= 0.6 is 15.9 Å². The van der Waals surface area contributed by atoms with Crippen molar-refractivity contribution in [3.05, 3.63) is 71.8 Å². The fourth-order valence-electron chi connectivity index (χ4n) is 4.47. The topological polar surface area (TPSA) is 21.7 Å². The van der Waals surface area contributed by atoms with Crippen molar-refractivity contribution < 1.29 is 9.47 Å². The molecule has 1 aliphatic rings. The van der Waals surface area contributed by atoms with E-state index < -0.39 is 0 Å². The number of halogens is 1. The SMILES string of the molecule is CCCCCCCN(C)C1C(Br)CC(OCc2ccccc2)C1OCc1ccccc1. The average Bonchev–Trinajstić information content (AvgIpc) is 3.12. The van der Waals surface area contributed by atoms with Crippen LogP contribution < -0.4 is 0 Å². The van der Waals surface area contributed by atoms with E-state index >= 15 is 0 Å². The van der Waals surface area contributed by atoms with Crippen LogP contribution in [-0.4, -0.2) is 41.6 Å². The van der Waals surface area contributed by atoms with Gasteiger partial charge < -0.3 is 9.47 Å². The van der Waals surface area contributed by atoms with Gasteiger partial charge in [0.1, 0.15) is 6.10 Å². The first-order valence-electron chi connectivity index (χ1n) is 11.8. The van der Waals surface area contributed by atoms with Gasteiger partial charge in [-0.3, -0.25) is 4.90 Å². The maximum Gasteiger partial charge on any atom is 0.101 e. The molecule has 0 amide bonds. The van der Waals surface area contributed by atoms with E-state index in [4.69, 9.17) is 9.47 Å². The molecule has 3 nitrogen and oxygen atoms in total. The molecular weight excluding hydrogens is 450 g/mol. The maximum atomic E-state index is 6.54. The van der Waals surface area contributed by atoms with Gasteiger partial charge in [-0.2, -0.15) is 0 Å². The van der Waals surface area contributed by atoms with Gasteiger partial charge >= 0.3 is 0 Å². The van der Waals surface area contributed by atoms with Crippen LogP contribution in [0.2, 0.25) is 0 Å². The predicted molar refractivity (Wildman–Crippen MR) is 133 cm³/mol. The second-order valence-electron chi connectivity index (χ2n) is 8.73. The lowest BCUT2D eigenvalue weighted by atomic mass is 10.1. The standard InChI is InChI=1S/C27H38BrNO2/c1-3-4-5-6-13-18-29(2)26-24(28)19-25(30-20-22-14-9-7-10-15-22)27(26)31-21-23-16-11-8-12-17-23/h7-12,14-17,24-27H,3-6,13,18-21H2,1-2H3. The Morgan fingerprint density at radius 2 is 1.42 bits per heavy atom. The fourth-order valence-corrected chi connectivity index (χ4v) is 5.55. The molecule has 1 saturated carbocycles. The molecule has 1 fully saturated rings. The summed E-state index contributed by atoms with van der Waals surface area (Å²) in [5.74, 6) is 0. The molecular formula is C27H38BrNO2. The minimum atomic E-state index is 0.0499. The minimum Gasteiger partial charge on any atom is -0.371 e. The van der Waals surface area contributed by atoms with E-state index in [0.29, 0.717) is 24.1 Å². The lowest BCUT2D eigenvalue weighted by Crippen LogP contribution is -2.46. The highest BCUT2D eigenvalue weighted by Gasteiger charge is 2.45. The monoisotopic (exact) mass is 487 g/mol. The Morgan fingerprint density at radius 1 is 0.839 bits per heavy atom. The molecule has 0 aliphatic heterocycles. The fraction of sp³-hybridized carbons (Fsp3) is 0.556. The zero-order valence-corrected chi connectivity index (χ0v) is 20.7. The van der Waals surface area contributed by atoms with Gasteiger partial charge in [0, 0.05) is 4.83 Å². The summed E-state index contributed by atoms with van der Waals surface area (Å²) in [6.45, 7) is 4.62. The average molecular weight is 489 g/mol. The first-order valence-corrected chi connectivity index (χ1v) is 12.8. The van der Waals surface area contributed by atoms with Crippen molar-refractivity contribution >= 4 is 15.9 Å². The molecule has 31 heavy (non-hydrogen) atoms. The molecule has 0 saturated heterocycles. The Hall–Kier alpha value is -1.20. The van der Waals surface area contributed by atoms with E-state index in [9.17, 15) is 0 Å². The summed E-state index contributed by atoms with van der Waals surface area (Å²) >= 11 is 3.97. The van der Waals surface area contributed by atoms with Gasteiger partial charge in [0.2, 0.25) is 0 Å². The van der Waals surface area contributed by atoms with Crippen molar-refractivity contribution in [3.63, 3.8) is 0 Å². The summed E-state index contributed by atoms with van der Waals surface area (Å²) in [6, 6.07) is 21.2. The molecule has 4 heteroatoms. The third-order valence-corrected chi connectivity index (χ3v) is 7.16. The number of hydrogen-bond donors (Lipinski definition) is 0. The Balaban J connectivity index is 1.62. The summed E-state index contributed by atoms with van der Waals surface area (Å²) in [6.07, 6.45) is 7.62. The van der Waals surface area contributed by atoms with Crippen molar-refractivity contribution in [1.29, 1.82) is 0 Å². The molecule has 4 unspecified atom stereocenters. The molecule has 1 aliphatic carbocycles. The van der Waals surface area contributed by atoms with E-state index in [1.165, 1.54) is 43.2 Å². The van der Waals surface area contributed by atoms with Crippen LogP contribution in [0.3, 0.4) is 0 Å². The van der Waals surface area contributed by atoms with Crippen molar-refractivity contribution in [1.82, 2.24) is 4.90 Å². The predicted octanol–water partition coefficient (Wildman–Crippen LogP) is 6.60. The zero-order valence-electron chi connectivity index (χ0n) is 19.1. The second-order valence-corrected chi connectivity index (χ2v) is 9.91. The van der Waals surface area contributed by atoms with Crippen LogP contribution in [0.25, 0.3) is 0 Å². The highest BCUT2D eigenvalue weighted by atomic mass is 79.9. The first kappa shape index (κ1) is 24.4. The molecule has 2 aromatic carbocycles. The lowest BCUT2D eigenvalue weighted by molar-refractivity contribution is -0.0892. The van der Waals surface area contributed by atoms with Gasteiger partial charge in [0.05, 0.1) is 25.4 Å². The van der Waals surface area contributed by atoms with Crippen molar-refractivity contribution in [2.75, 3.05) is 13.6 Å². The Kier molecular flexibility index (Phi) is 10.5. The zero-order chi connectivity index (χ0) is 21.9.